The summed E-state index contributed by atoms with van der Waals surface area (Å²) in [5.41, 5.74) is 0.176. The van der Waals surface area contributed by atoms with Crippen molar-refractivity contribution in [3.63, 3.8) is 0 Å². The number of fused-ring (bicyclic) bond motifs is 1. The van der Waals surface area contributed by atoms with E-state index in [-0.39, 0.29) is 5.70 Å². The normalized spacial score (nSPS) is 23.0. The summed E-state index contributed by atoms with van der Waals surface area (Å²) < 4.78 is 0. The van der Waals surface area contributed by atoms with E-state index in [2.05, 4.69) is 5.32 Å². The number of hydrogen-bond acceptors (Lipinski definition) is 5. The topological polar surface area (TPSA) is 124 Å². The first-order valence-electron chi connectivity index (χ1n) is 7.38. The lowest BCUT2D eigenvalue weighted by atomic mass is 9.92. The third-order valence-corrected chi connectivity index (χ3v) is 5.02. The van der Waals surface area contributed by atoms with Crippen molar-refractivity contribution in [1.29, 1.82) is 0 Å². The smallest absolute Gasteiger partial charge is 0.353 e. The van der Waals surface area contributed by atoms with Gasteiger partial charge in [-0.2, -0.15) is 0 Å². The molecule has 0 aliphatic carbocycles. The molecule has 8 nitrogen and oxygen atoms in total. The summed E-state index contributed by atoms with van der Waals surface area (Å²) in [5.74, 6) is -4.90. The van der Waals surface area contributed by atoms with E-state index in [1.807, 2.05) is 0 Å². The van der Waals surface area contributed by atoms with Crippen LogP contribution in [0.3, 0.4) is 0 Å². The first-order chi connectivity index (χ1) is 11.9. The molecule has 3 atom stereocenters. The predicted molar refractivity (Wildman–Crippen MR) is 87.6 cm³/mol. The van der Waals surface area contributed by atoms with Crippen molar-refractivity contribution in [2.45, 2.75) is 18.0 Å². The number of β-lactam (4-membered cyclic amide) rings is 1. The molecular formula is C16H14N2O6S. The molecule has 0 radical (unpaired) electrons. The second kappa shape index (κ2) is 6.60. The van der Waals surface area contributed by atoms with Crippen molar-refractivity contribution in [2.75, 3.05) is 5.75 Å². The monoisotopic (exact) mass is 362 g/mol. The number of thioether (sulfide) groups is 1. The Bertz CT molecular complexity index is 778. The summed E-state index contributed by atoms with van der Waals surface area (Å²) in [6, 6.07) is 6.57. The van der Waals surface area contributed by atoms with Gasteiger partial charge in [-0.3, -0.25) is 19.3 Å². The maximum Gasteiger partial charge on any atom is 0.353 e. The number of nitrogens with zero attached hydrogens (tertiary/aromatic N) is 1. The van der Waals surface area contributed by atoms with Gasteiger partial charge < -0.3 is 15.5 Å². The first kappa shape index (κ1) is 17.0. The SMILES string of the molecule is O=C(O)C1=CSC[C@H]2[C@@H](NC(=O)C(C(=O)O)c3ccccc3)C(=O)N12. The van der Waals surface area contributed by atoms with Crippen molar-refractivity contribution in [3.05, 3.63) is 47.0 Å². The van der Waals surface area contributed by atoms with E-state index < -0.39 is 41.8 Å². The summed E-state index contributed by atoms with van der Waals surface area (Å²) in [7, 11) is 0. The number of carbonyl (C=O) groups excluding carboxylic acids is 2. The molecule has 0 aromatic heterocycles. The summed E-state index contributed by atoms with van der Waals surface area (Å²) in [5, 5.41) is 22.3. The maximum absolute atomic E-state index is 12.4. The van der Waals surface area contributed by atoms with E-state index in [9.17, 15) is 24.3 Å². The van der Waals surface area contributed by atoms with Gasteiger partial charge in [0.1, 0.15) is 11.7 Å². The summed E-state index contributed by atoms with van der Waals surface area (Å²) in [4.78, 5) is 48.4. The van der Waals surface area contributed by atoms with Crippen LogP contribution in [-0.2, 0) is 19.2 Å². The number of amides is 2. The highest BCUT2D eigenvalue weighted by Gasteiger charge is 2.53. The molecule has 1 aromatic carbocycles. The van der Waals surface area contributed by atoms with Crippen molar-refractivity contribution < 1.29 is 29.4 Å². The number of hydrogen-bond donors (Lipinski definition) is 3. The molecule has 1 fully saturated rings. The highest BCUT2D eigenvalue weighted by molar-refractivity contribution is 8.02. The Morgan fingerprint density at radius 2 is 1.88 bits per heavy atom. The van der Waals surface area contributed by atoms with Crippen LogP contribution in [-0.4, -0.2) is 56.7 Å². The van der Waals surface area contributed by atoms with Crippen LogP contribution >= 0.6 is 11.8 Å². The zero-order chi connectivity index (χ0) is 18.1. The molecule has 0 saturated carbocycles. The molecule has 0 bridgehead atoms. The quantitative estimate of drug-likeness (QED) is 0.506. The van der Waals surface area contributed by atoms with Crippen LogP contribution in [0.5, 0.6) is 0 Å². The van der Waals surface area contributed by atoms with Gasteiger partial charge in [-0.15, -0.1) is 11.8 Å². The van der Waals surface area contributed by atoms with Gasteiger partial charge in [-0.25, -0.2) is 4.79 Å². The molecule has 2 amide bonds. The molecule has 25 heavy (non-hydrogen) atoms. The average Bonchev–Trinajstić information content (AvgIpc) is 2.59. The second-order valence-corrected chi connectivity index (χ2v) is 6.49. The fourth-order valence-corrected chi connectivity index (χ4v) is 3.90. The summed E-state index contributed by atoms with van der Waals surface area (Å²) in [6.07, 6.45) is 0. The van der Waals surface area contributed by atoms with Gasteiger partial charge in [0.05, 0.1) is 6.04 Å². The molecule has 2 aliphatic heterocycles. The number of carbonyl (C=O) groups is 4. The van der Waals surface area contributed by atoms with Crippen molar-refractivity contribution in [3.8, 4) is 0 Å². The van der Waals surface area contributed by atoms with E-state index in [4.69, 9.17) is 5.11 Å². The molecule has 0 spiro atoms. The molecule has 1 aromatic rings. The minimum absolute atomic E-state index is 0.130. The van der Waals surface area contributed by atoms with Gasteiger partial charge in [0, 0.05) is 11.2 Å². The largest absolute Gasteiger partial charge is 0.480 e. The zero-order valence-electron chi connectivity index (χ0n) is 12.8. The highest BCUT2D eigenvalue weighted by Crippen LogP contribution is 2.34. The van der Waals surface area contributed by atoms with E-state index in [1.165, 1.54) is 29.3 Å². The third-order valence-electron chi connectivity index (χ3n) is 4.10. The zero-order valence-corrected chi connectivity index (χ0v) is 13.6. The average molecular weight is 362 g/mol. The van der Waals surface area contributed by atoms with Gasteiger partial charge in [-0.05, 0) is 5.56 Å². The van der Waals surface area contributed by atoms with Gasteiger partial charge >= 0.3 is 11.9 Å². The molecule has 9 heteroatoms. The molecule has 130 valence electrons. The standard InChI is InChI=1S/C16H14N2O6S/c19-13(11(16(23)24)8-4-2-1-3-5-8)17-12-9-6-25-7-10(15(21)22)18(9)14(12)20/h1-5,7,9,11-12H,6H2,(H,17,19)(H,21,22)(H,23,24)/t9-,11?,12+/m0/s1. The Balaban J connectivity index is 1.76. The fourth-order valence-electron chi connectivity index (χ4n) is 2.89. The lowest BCUT2D eigenvalue weighted by Gasteiger charge is -2.48. The number of carboxylic acids is 2. The predicted octanol–water partition coefficient (Wildman–Crippen LogP) is 0.223. The van der Waals surface area contributed by atoms with Crippen LogP contribution in [0.1, 0.15) is 11.5 Å². The van der Waals surface area contributed by atoms with Crippen molar-refractivity contribution >= 4 is 35.5 Å². The minimum Gasteiger partial charge on any atom is -0.480 e. The van der Waals surface area contributed by atoms with Crippen LogP contribution in [0, 0.1) is 0 Å². The summed E-state index contributed by atoms with van der Waals surface area (Å²) in [6.45, 7) is 0. The number of rotatable bonds is 5. The molecular weight excluding hydrogens is 348 g/mol. The second-order valence-electron chi connectivity index (χ2n) is 5.59. The van der Waals surface area contributed by atoms with Crippen LogP contribution in [0.2, 0.25) is 0 Å². The van der Waals surface area contributed by atoms with Gasteiger partial charge in [0.2, 0.25) is 5.91 Å². The van der Waals surface area contributed by atoms with Gasteiger partial charge in [0.15, 0.2) is 5.92 Å². The molecule has 3 rings (SSSR count). The molecule has 1 saturated heterocycles. The van der Waals surface area contributed by atoms with Crippen LogP contribution in [0.15, 0.2) is 41.4 Å². The Labute approximate surface area is 146 Å². The van der Waals surface area contributed by atoms with Gasteiger partial charge in [-0.1, -0.05) is 30.3 Å². The Kier molecular flexibility index (Phi) is 4.49. The molecule has 2 aliphatic rings. The number of nitrogens with one attached hydrogen (secondary N) is 1. The van der Waals surface area contributed by atoms with E-state index >= 15 is 0 Å². The Hall–Kier alpha value is -2.81. The molecule has 3 N–H and O–H groups in total. The lowest BCUT2D eigenvalue weighted by molar-refractivity contribution is -0.154. The molecule has 1 unspecified atom stereocenters. The van der Waals surface area contributed by atoms with E-state index in [0.29, 0.717) is 11.3 Å². The fraction of sp³-hybridized carbons (Fsp3) is 0.250. The van der Waals surface area contributed by atoms with Crippen LogP contribution in [0.25, 0.3) is 0 Å². The number of benzene rings is 1. The number of aliphatic carboxylic acids is 2. The minimum atomic E-state index is -1.44. The first-order valence-corrected chi connectivity index (χ1v) is 8.43. The van der Waals surface area contributed by atoms with Crippen molar-refractivity contribution in [1.82, 2.24) is 10.2 Å². The maximum atomic E-state index is 12.4. The Morgan fingerprint density at radius 1 is 1.20 bits per heavy atom. The number of carboxylic acid groups (broad SMARTS) is 2. The van der Waals surface area contributed by atoms with Crippen LogP contribution < -0.4 is 5.32 Å². The van der Waals surface area contributed by atoms with E-state index in [1.54, 1.807) is 18.2 Å². The van der Waals surface area contributed by atoms with Crippen molar-refractivity contribution in [2.24, 2.45) is 0 Å². The van der Waals surface area contributed by atoms with Crippen LogP contribution in [0.4, 0.5) is 0 Å². The Morgan fingerprint density at radius 3 is 2.48 bits per heavy atom. The van der Waals surface area contributed by atoms with Gasteiger partial charge in [0.25, 0.3) is 5.91 Å². The molecule has 2 heterocycles. The highest BCUT2D eigenvalue weighted by atomic mass is 32.2. The summed E-state index contributed by atoms with van der Waals surface area (Å²) >= 11 is 1.23. The van der Waals surface area contributed by atoms with E-state index in [0.717, 1.165) is 4.90 Å². The lowest BCUT2D eigenvalue weighted by Crippen LogP contribution is -2.72. The third kappa shape index (κ3) is 2.98.